The molecular formula is C18H14ClNO5S2. The number of carboxylic acids is 1. The van der Waals surface area contributed by atoms with Crippen LogP contribution in [0.15, 0.2) is 40.6 Å². The Hall–Kier alpha value is -2.29. The van der Waals surface area contributed by atoms with Crippen LogP contribution in [0.1, 0.15) is 18.4 Å². The summed E-state index contributed by atoms with van der Waals surface area (Å²) >= 11 is 8.07. The highest BCUT2D eigenvalue weighted by molar-refractivity contribution is 8.18. The van der Waals surface area contributed by atoms with E-state index >= 15 is 0 Å². The highest BCUT2D eigenvalue weighted by Gasteiger charge is 2.34. The Bertz CT molecular complexity index is 907. The van der Waals surface area contributed by atoms with Crippen molar-refractivity contribution in [2.75, 3.05) is 6.54 Å². The summed E-state index contributed by atoms with van der Waals surface area (Å²) in [6.45, 7) is 0.0894. The third-order valence-electron chi connectivity index (χ3n) is 3.62. The van der Waals surface area contributed by atoms with Gasteiger partial charge in [-0.15, -0.1) is 11.3 Å². The maximum atomic E-state index is 12.4. The number of hydrogen-bond acceptors (Lipinski definition) is 6. The lowest BCUT2D eigenvalue weighted by Crippen LogP contribution is -2.29. The predicted molar refractivity (Wildman–Crippen MR) is 105 cm³/mol. The zero-order chi connectivity index (χ0) is 19.4. The highest BCUT2D eigenvalue weighted by atomic mass is 35.5. The highest BCUT2D eigenvalue weighted by Crippen LogP contribution is 2.37. The lowest BCUT2D eigenvalue weighted by atomic mass is 10.2. The van der Waals surface area contributed by atoms with Crippen LogP contribution in [-0.4, -0.2) is 33.7 Å². The van der Waals surface area contributed by atoms with Crippen molar-refractivity contribution < 1.29 is 24.2 Å². The molecule has 0 aliphatic carbocycles. The van der Waals surface area contributed by atoms with E-state index in [2.05, 4.69) is 0 Å². The molecule has 9 heteroatoms. The monoisotopic (exact) mass is 423 g/mol. The topological polar surface area (TPSA) is 83.9 Å². The molecule has 1 aromatic carbocycles. The van der Waals surface area contributed by atoms with Crippen molar-refractivity contribution in [2.45, 2.75) is 12.8 Å². The third-order valence-corrected chi connectivity index (χ3v) is 5.58. The first-order valence-corrected chi connectivity index (χ1v) is 9.99. The summed E-state index contributed by atoms with van der Waals surface area (Å²) in [5.74, 6) is -0.767. The quantitative estimate of drug-likeness (QED) is 0.624. The van der Waals surface area contributed by atoms with E-state index < -0.39 is 17.1 Å². The van der Waals surface area contributed by atoms with E-state index in [0.717, 1.165) is 16.7 Å². The molecular weight excluding hydrogens is 410 g/mol. The smallest absolute Gasteiger partial charge is 0.303 e. The number of carbonyl (C=O) groups excluding carboxylic acids is 2. The van der Waals surface area contributed by atoms with Crippen LogP contribution in [0.3, 0.4) is 0 Å². The Kier molecular flexibility index (Phi) is 6.20. The van der Waals surface area contributed by atoms with E-state index in [4.69, 9.17) is 21.4 Å². The Morgan fingerprint density at radius 2 is 1.96 bits per heavy atom. The number of benzene rings is 1. The van der Waals surface area contributed by atoms with E-state index in [9.17, 15) is 14.4 Å². The van der Waals surface area contributed by atoms with Crippen LogP contribution in [0.2, 0.25) is 5.02 Å². The number of amides is 2. The fraction of sp³-hybridized carbons (Fsp3) is 0.167. The van der Waals surface area contributed by atoms with Crippen molar-refractivity contribution in [3.63, 3.8) is 0 Å². The minimum absolute atomic E-state index is 0.0894. The second-order valence-electron chi connectivity index (χ2n) is 5.55. The lowest BCUT2D eigenvalue weighted by molar-refractivity contribution is -0.137. The largest absolute Gasteiger partial charge is 0.481 e. The first-order valence-electron chi connectivity index (χ1n) is 7.92. The van der Waals surface area contributed by atoms with Crippen molar-refractivity contribution >= 4 is 57.9 Å². The average Bonchev–Trinajstić information content (AvgIpc) is 3.16. The number of rotatable bonds is 7. The number of thioether (sulfide) groups is 1. The van der Waals surface area contributed by atoms with Crippen molar-refractivity contribution in [3.05, 3.63) is 51.2 Å². The second kappa shape index (κ2) is 8.60. The van der Waals surface area contributed by atoms with E-state index in [1.807, 2.05) is 5.38 Å². The van der Waals surface area contributed by atoms with Gasteiger partial charge in [-0.25, -0.2) is 0 Å². The molecule has 0 saturated carbocycles. The van der Waals surface area contributed by atoms with Crippen LogP contribution in [0.4, 0.5) is 4.79 Å². The molecule has 1 saturated heterocycles. The number of nitrogens with zero attached hydrogens (tertiary/aromatic N) is 1. The maximum absolute atomic E-state index is 12.4. The van der Waals surface area contributed by atoms with Gasteiger partial charge in [-0.3, -0.25) is 19.3 Å². The summed E-state index contributed by atoms with van der Waals surface area (Å²) in [4.78, 5) is 36.4. The second-order valence-corrected chi connectivity index (χ2v) is 7.86. The molecule has 140 valence electrons. The summed E-state index contributed by atoms with van der Waals surface area (Å²) in [5, 5.41) is 11.3. The maximum Gasteiger partial charge on any atom is 0.303 e. The van der Waals surface area contributed by atoms with Gasteiger partial charge in [0.15, 0.2) is 5.06 Å². The first kappa shape index (κ1) is 19.5. The fourth-order valence-electron chi connectivity index (χ4n) is 2.33. The minimum atomic E-state index is -0.959. The molecule has 2 heterocycles. The molecule has 27 heavy (non-hydrogen) atoms. The van der Waals surface area contributed by atoms with Gasteiger partial charge in [-0.2, -0.15) is 0 Å². The van der Waals surface area contributed by atoms with Crippen LogP contribution in [0.25, 0.3) is 6.08 Å². The van der Waals surface area contributed by atoms with Crippen molar-refractivity contribution in [1.82, 2.24) is 4.90 Å². The fourth-order valence-corrected chi connectivity index (χ4v) is 4.05. The Labute approximate surface area is 168 Å². The SMILES string of the molecule is O=C(O)CCCN1C(=O)S/C(=C/c2ccsc2Oc2ccc(Cl)cc2)C1=O. The molecule has 0 atom stereocenters. The van der Waals surface area contributed by atoms with Gasteiger partial charge in [0.2, 0.25) is 0 Å². The summed E-state index contributed by atoms with van der Waals surface area (Å²) in [7, 11) is 0. The normalized spacial score (nSPS) is 15.6. The summed E-state index contributed by atoms with van der Waals surface area (Å²) in [6, 6.07) is 8.71. The number of thiophene rings is 1. The zero-order valence-electron chi connectivity index (χ0n) is 13.9. The number of carboxylic acid groups (broad SMARTS) is 1. The number of halogens is 1. The molecule has 1 fully saturated rings. The van der Waals surface area contributed by atoms with Crippen molar-refractivity contribution in [2.24, 2.45) is 0 Å². The molecule has 1 N–H and O–H groups in total. The van der Waals surface area contributed by atoms with Crippen LogP contribution in [0, 0.1) is 0 Å². The number of hydrogen-bond donors (Lipinski definition) is 1. The van der Waals surface area contributed by atoms with Gasteiger partial charge < -0.3 is 9.84 Å². The van der Waals surface area contributed by atoms with E-state index in [1.165, 1.54) is 11.3 Å². The molecule has 6 nitrogen and oxygen atoms in total. The van der Waals surface area contributed by atoms with Gasteiger partial charge in [0, 0.05) is 23.6 Å². The third kappa shape index (κ3) is 4.91. The van der Waals surface area contributed by atoms with E-state index in [-0.39, 0.29) is 24.3 Å². The van der Waals surface area contributed by atoms with E-state index in [0.29, 0.717) is 21.4 Å². The van der Waals surface area contributed by atoms with Crippen LogP contribution < -0.4 is 4.74 Å². The number of aliphatic carboxylic acids is 1. The Balaban J connectivity index is 1.72. The summed E-state index contributed by atoms with van der Waals surface area (Å²) < 4.78 is 5.83. The zero-order valence-corrected chi connectivity index (χ0v) is 16.3. The first-order chi connectivity index (χ1) is 12.9. The molecule has 0 spiro atoms. The standard InChI is InChI=1S/C18H14ClNO5S2/c19-12-3-5-13(6-4-12)25-17-11(7-9-26-17)10-14-16(23)20(18(24)27-14)8-1-2-15(21)22/h3-7,9-10H,1-2,8H2,(H,21,22)/b14-10+. The van der Waals surface area contributed by atoms with Crippen molar-refractivity contribution in [1.29, 1.82) is 0 Å². The lowest BCUT2D eigenvalue weighted by Gasteiger charge is -2.10. The van der Waals surface area contributed by atoms with Gasteiger partial charge in [0.05, 0.1) is 4.91 Å². The number of imide groups is 1. The molecule has 0 unspecified atom stereocenters. The average molecular weight is 424 g/mol. The molecule has 2 amide bonds. The predicted octanol–water partition coefficient (Wildman–Crippen LogP) is 5.09. The molecule has 0 bridgehead atoms. The molecule has 1 aliphatic rings. The van der Waals surface area contributed by atoms with Gasteiger partial charge in [0.1, 0.15) is 5.75 Å². The van der Waals surface area contributed by atoms with E-state index in [1.54, 1.807) is 36.4 Å². The summed E-state index contributed by atoms with van der Waals surface area (Å²) in [6.07, 6.45) is 1.75. The van der Waals surface area contributed by atoms with Gasteiger partial charge in [-0.1, -0.05) is 11.6 Å². The molecule has 0 radical (unpaired) electrons. The van der Waals surface area contributed by atoms with Crippen LogP contribution in [-0.2, 0) is 9.59 Å². The molecule has 1 aromatic heterocycles. The molecule has 2 aromatic rings. The van der Waals surface area contributed by atoms with Crippen LogP contribution in [0.5, 0.6) is 10.8 Å². The van der Waals surface area contributed by atoms with Crippen LogP contribution >= 0.6 is 34.7 Å². The molecule has 1 aliphatic heterocycles. The summed E-state index contributed by atoms with van der Waals surface area (Å²) in [5.41, 5.74) is 0.686. The van der Waals surface area contributed by atoms with Gasteiger partial charge in [0.25, 0.3) is 11.1 Å². The Morgan fingerprint density at radius 3 is 2.67 bits per heavy atom. The molecule has 3 rings (SSSR count). The Morgan fingerprint density at radius 1 is 1.22 bits per heavy atom. The van der Waals surface area contributed by atoms with Gasteiger partial charge in [-0.05, 0) is 60.0 Å². The number of ether oxygens (including phenoxy) is 1. The van der Waals surface area contributed by atoms with Gasteiger partial charge >= 0.3 is 5.97 Å². The number of carbonyl (C=O) groups is 3. The van der Waals surface area contributed by atoms with Crippen molar-refractivity contribution in [3.8, 4) is 10.8 Å². The minimum Gasteiger partial charge on any atom is -0.481 e.